The highest BCUT2D eigenvalue weighted by Gasteiger charge is 2.23. The molecule has 0 saturated carbocycles. The first-order valence-corrected chi connectivity index (χ1v) is 5.08. The highest BCUT2D eigenvalue weighted by Crippen LogP contribution is 2.28. The van der Waals surface area contributed by atoms with E-state index in [4.69, 9.17) is 15.0 Å². The van der Waals surface area contributed by atoms with Crippen molar-refractivity contribution >= 4 is 5.97 Å². The number of hydrogen-bond donors (Lipinski definition) is 0. The quantitative estimate of drug-likeness (QED) is 0.340. The third-order valence-corrected chi connectivity index (χ3v) is 2.11. The minimum Gasteiger partial charge on any atom is -0.496 e. The fourth-order valence-corrected chi connectivity index (χ4v) is 1.40. The molecule has 0 aliphatic heterocycles. The molecule has 0 spiro atoms. The van der Waals surface area contributed by atoms with Crippen LogP contribution >= 0.6 is 0 Å². The van der Waals surface area contributed by atoms with Gasteiger partial charge in [0.05, 0.1) is 13.7 Å². The molecular formula is C11H13N3O3. The molecule has 6 nitrogen and oxygen atoms in total. The van der Waals surface area contributed by atoms with E-state index in [1.165, 1.54) is 7.11 Å². The van der Waals surface area contributed by atoms with Crippen molar-refractivity contribution < 1.29 is 14.3 Å². The van der Waals surface area contributed by atoms with E-state index in [1.807, 2.05) is 0 Å². The van der Waals surface area contributed by atoms with Crippen molar-refractivity contribution in [2.75, 3.05) is 13.7 Å². The number of nitrogens with zero attached hydrogens (tertiary/aromatic N) is 3. The van der Waals surface area contributed by atoms with Gasteiger partial charge < -0.3 is 9.47 Å². The maximum Gasteiger partial charge on any atom is 0.319 e. The van der Waals surface area contributed by atoms with Gasteiger partial charge in [0.25, 0.3) is 0 Å². The SMILES string of the molecule is CCOC(=O)C(N=[N+]=[N-])c1ccccc1OC. The molecule has 0 bridgehead atoms. The summed E-state index contributed by atoms with van der Waals surface area (Å²) in [5.74, 6) is -0.104. The molecule has 0 saturated heterocycles. The Hall–Kier alpha value is -2.20. The van der Waals surface area contributed by atoms with Gasteiger partial charge in [-0.2, -0.15) is 0 Å². The van der Waals surface area contributed by atoms with Crippen LogP contribution in [0.4, 0.5) is 0 Å². The number of methoxy groups -OCH3 is 1. The van der Waals surface area contributed by atoms with Crippen LogP contribution in [0.2, 0.25) is 0 Å². The van der Waals surface area contributed by atoms with Crippen LogP contribution in [0.15, 0.2) is 29.4 Å². The van der Waals surface area contributed by atoms with E-state index in [9.17, 15) is 4.79 Å². The lowest BCUT2D eigenvalue weighted by Gasteiger charge is -2.13. The van der Waals surface area contributed by atoms with Crippen molar-refractivity contribution in [2.24, 2.45) is 5.11 Å². The summed E-state index contributed by atoms with van der Waals surface area (Å²) in [5, 5.41) is 3.45. The summed E-state index contributed by atoms with van der Waals surface area (Å²) < 4.78 is 9.96. The van der Waals surface area contributed by atoms with Gasteiger partial charge in [-0.05, 0) is 18.5 Å². The van der Waals surface area contributed by atoms with Crippen LogP contribution in [-0.4, -0.2) is 19.7 Å². The van der Waals surface area contributed by atoms with E-state index in [0.29, 0.717) is 11.3 Å². The standard InChI is InChI=1S/C11H13N3O3/c1-3-17-11(15)10(13-14-12)8-6-4-5-7-9(8)16-2/h4-7,10H,3H2,1-2H3. The number of ether oxygens (including phenoxy) is 2. The van der Waals surface area contributed by atoms with E-state index >= 15 is 0 Å². The van der Waals surface area contributed by atoms with Gasteiger partial charge >= 0.3 is 5.97 Å². The zero-order chi connectivity index (χ0) is 12.7. The van der Waals surface area contributed by atoms with Gasteiger partial charge in [-0.25, -0.2) is 0 Å². The number of hydrogen-bond acceptors (Lipinski definition) is 4. The second-order valence-corrected chi connectivity index (χ2v) is 3.10. The molecule has 0 heterocycles. The first-order valence-electron chi connectivity index (χ1n) is 5.08. The Bertz CT molecular complexity index is 441. The van der Waals surface area contributed by atoms with Crippen LogP contribution < -0.4 is 4.74 Å². The lowest BCUT2D eigenvalue weighted by atomic mass is 10.1. The molecule has 6 heteroatoms. The van der Waals surface area contributed by atoms with Gasteiger partial charge in [0.1, 0.15) is 5.75 Å². The molecule has 1 aromatic rings. The summed E-state index contributed by atoms with van der Waals surface area (Å²) >= 11 is 0. The van der Waals surface area contributed by atoms with Gasteiger partial charge in [0, 0.05) is 10.5 Å². The molecule has 1 rings (SSSR count). The molecule has 0 radical (unpaired) electrons. The summed E-state index contributed by atoms with van der Waals surface area (Å²) in [7, 11) is 1.48. The zero-order valence-electron chi connectivity index (χ0n) is 9.66. The predicted octanol–water partition coefficient (Wildman–Crippen LogP) is 2.61. The average molecular weight is 235 g/mol. The third-order valence-electron chi connectivity index (χ3n) is 2.11. The van der Waals surface area contributed by atoms with E-state index < -0.39 is 12.0 Å². The van der Waals surface area contributed by atoms with E-state index in [-0.39, 0.29) is 6.61 Å². The number of esters is 1. The summed E-state index contributed by atoms with van der Waals surface area (Å²) in [6.45, 7) is 1.92. The van der Waals surface area contributed by atoms with E-state index in [0.717, 1.165) is 0 Å². The van der Waals surface area contributed by atoms with Gasteiger partial charge in [-0.3, -0.25) is 4.79 Å². The second-order valence-electron chi connectivity index (χ2n) is 3.10. The van der Waals surface area contributed by atoms with Crippen LogP contribution in [0.3, 0.4) is 0 Å². The Balaban J connectivity index is 3.13. The molecule has 0 N–H and O–H groups in total. The van der Waals surface area contributed by atoms with Crippen molar-refractivity contribution in [3.8, 4) is 5.75 Å². The molecular weight excluding hydrogens is 222 g/mol. The fourth-order valence-electron chi connectivity index (χ4n) is 1.40. The largest absolute Gasteiger partial charge is 0.496 e. The second kappa shape index (κ2) is 6.40. The number of azide groups is 1. The molecule has 1 aromatic carbocycles. The summed E-state index contributed by atoms with van der Waals surface area (Å²) in [5.41, 5.74) is 8.98. The van der Waals surface area contributed by atoms with Gasteiger partial charge in [-0.15, -0.1) is 0 Å². The molecule has 17 heavy (non-hydrogen) atoms. The Morgan fingerprint density at radius 2 is 2.24 bits per heavy atom. The van der Waals surface area contributed by atoms with Crippen molar-refractivity contribution in [3.05, 3.63) is 40.3 Å². The van der Waals surface area contributed by atoms with Crippen molar-refractivity contribution in [1.82, 2.24) is 0 Å². The molecule has 0 amide bonds. The lowest BCUT2D eigenvalue weighted by Crippen LogP contribution is -2.14. The molecule has 1 atom stereocenters. The number of para-hydroxylation sites is 1. The monoisotopic (exact) mass is 235 g/mol. The molecule has 0 aromatic heterocycles. The summed E-state index contributed by atoms with van der Waals surface area (Å²) in [6.07, 6.45) is 0. The van der Waals surface area contributed by atoms with Gasteiger partial charge in [-0.1, -0.05) is 23.3 Å². The third kappa shape index (κ3) is 3.12. The highest BCUT2D eigenvalue weighted by molar-refractivity contribution is 5.78. The number of rotatable bonds is 5. The average Bonchev–Trinajstić information content (AvgIpc) is 2.36. The number of carbonyl (C=O) groups is 1. The van der Waals surface area contributed by atoms with Crippen molar-refractivity contribution in [1.29, 1.82) is 0 Å². The van der Waals surface area contributed by atoms with Crippen LogP contribution in [0.1, 0.15) is 18.5 Å². The molecule has 0 fully saturated rings. The number of carbonyl (C=O) groups excluding carboxylic acids is 1. The molecule has 90 valence electrons. The Labute approximate surface area is 98.8 Å². The van der Waals surface area contributed by atoms with E-state index in [1.54, 1.807) is 31.2 Å². The molecule has 0 aliphatic rings. The van der Waals surface area contributed by atoms with Crippen LogP contribution in [-0.2, 0) is 9.53 Å². The zero-order valence-corrected chi connectivity index (χ0v) is 9.66. The van der Waals surface area contributed by atoms with Gasteiger partial charge in [0.15, 0.2) is 6.04 Å². The Morgan fingerprint density at radius 3 is 2.82 bits per heavy atom. The Morgan fingerprint density at radius 1 is 1.53 bits per heavy atom. The van der Waals surface area contributed by atoms with Gasteiger partial charge in [0.2, 0.25) is 0 Å². The lowest BCUT2D eigenvalue weighted by molar-refractivity contribution is -0.144. The Kier molecular flexibility index (Phi) is 4.84. The number of benzene rings is 1. The van der Waals surface area contributed by atoms with Crippen LogP contribution in [0.5, 0.6) is 5.75 Å². The first kappa shape index (κ1) is 12.9. The maximum absolute atomic E-state index is 11.7. The first-order chi connectivity index (χ1) is 8.24. The molecule has 0 aliphatic carbocycles. The van der Waals surface area contributed by atoms with Crippen LogP contribution in [0.25, 0.3) is 10.4 Å². The van der Waals surface area contributed by atoms with Crippen molar-refractivity contribution in [3.63, 3.8) is 0 Å². The smallest absolute Gasteiger partial charge is 0.319 e. The normalized spacial score (nSPS) is 11.2. The fraction of sp³-hybridized carbons (Fsp3) is 0.364. The highest BCUT2D eigenvalue weighted by atomic mass is 16.5. The summed E-state index contributed by atoms with van der Waals surface area (Å²) in [6, 6.07) is 5.83. The topological polar surface area (TPSA) is 84.3 Å². The summed E-state index contributed by atoms with van der Waals surface area (Å²) in [4.78, 5) is 14.3. The van der Waals surface area contributed by atoms with E-state index in [2.05, 4.69) is 10.0 Å². The molecule has 1 unspecified atom stereocenters. The predicted molar refractivity (Wildman–Crippen MR) is 61.5 cm³/mol. The minimum atomic E-state index is -1.02. The van der Waals surface area contributed by atoms with Crippen LogP contribution in [0, 0.1) is 0 Å². The minimum absolute atomic E-state index is 0.228. The van der Waals surface area contributed by atoms with Crippen molar-refractivity contribution in [2.45, 2.75) is 13.0 Å². The maximum atomic E-state index is 11.7.